The van der Waals surface area contributed by atoms with Crippen LogP contribution in [0.3, 0.4) is 0 Å². The van der Waals surface area contributed by atoms with E-state index in [0.29, 0.717) is 26.9 Å². The van der Waals surface area contributed by atoms with Gasteiger partial charge in [-0.1, -0.05) is 54.4 Å². The molecule has 2 amide bonds. The van der Waals surface area contributed by atoms with Crippen molar-refractivity contribution >= 4 is 50.7 Å². The lowest BCUT2D eigenvalue weighted by Gasteiger charge is -2.32. The third-order valence-corrected chi connectivity index (χ3v) is 7.32. The number of hydrogen-bond donors (Lipinski definition) is 1. The molecule has 2 atom stereocenters. The van der Waals surface area contributed by atoms with Crippen LogP contribution in [0.2, 0.25) is 10.0 Å². The standard InChI is InChI=1S/C24H31Cl2N3O4S/c1-6-17(3)27-24(31)18(4)28(14-19-9-7-8-10-21(19)26)23(30)15-29(34(5,32)33)22-13-20(25)12-11-16(22)2/h7-13,17-18H,6,14-15H2,1-5H3,(H,27,31)/t17-,18-/m1/s1. The lowest BCUT2D eigenvalue weighted by Crippen LogP contribution is -2.52. The first-order valence-corrected chi connectivity index (χ1v) is 13.5. The van der Waals surface area contributed by atoms with E-state index in [1.54, 1.807) is 50.2 Å². The smallest absolute Gasteiger partial charge is 0.244 e. The first-order chi connectivity index (χ1) is 15.8. The monoisotopic (exact) mass is 527 g/mol. The van der Waals surface area contributed by atoms with Gasteiger partial charge in [0.05, 0.1) is 11.9 Å². The summed E-state index contributed by atoms with van der Waals surface area (Å²) in [5.74, 6) is -0.879. The van der Waals surface area contributed by atoms with Gasteiger partial charge in [0.15, 0.2) is 0 Å². The van der Waals surface area contributed by atoms with Crippen LogP contribution in [0.1, 0.15) is 38.3 Å². The predicted octanol–water partition coefficient (Wildman–Crippen LogP) is 4.40. The number of sulfonamides is 1. The van der Waals surface area contributed by atoms with Gasteiger partial charge in [-0.2, -0.15) is 0 Å². The first kappa shape index (κ1) is 28.0. The van der Waals surface area contributed by atoms with E-state index in [-0.39, 0.29) is 18.5 Å². The summed E-state index contributed by atoms with van der Waals surface area (Å²) in [4.78, 5) is 27.8. The second kappa shape index (κ2) is 11.9. The summed E-state index contributed by atoms with van der Waals surface area (Å²) in [5.41, 5.74) is 1.59. The van der Waals surface area contributed by atoms with Gasteiger partial charge in [-0.15, -0.1) is 0 Å². The average Bonchev–Trinajstić information content (AvgIpc) is 2.77. The largest absolute Gasteiger partial charge is 0.352 e. The molecule has 1 N–H and O–H groups in total. The molecule has 10 heteroatoms. The molecule has 0 unspecified atom stereocenters. The molecule has 0 saturated carbocycles. The van der Waals surface area contributed by atoms with Crippen molar-refractivity contribution in [2.24, 2.45) is 0 Å². The summed E-state index contributed by atoms with van der Waals surface area (Å²) in [7, 11) is -3.84. The molecule has 0 fully saturated rings. The zero-order chi connectivity index (χ0) is 25.6. The highest BCUT2D eigenvalue weighted by molar-refractivity contribution is 7.92. The summed E-state index contributed by atoms with van der Waals surface area (Å²) in [6.07, 6.45) is 1.75. The molecule has 0 aliphatic heterocycles. The first-order valence-electron chi connectivity index (χ1n) is 10.9. The lowest BCUT2D eigenvalue weighted by molar-refractivity contribution is -0.139. The number of nitrogens with zero attached hydrogens (tertiary/aromatic N) is 2. The maximum absolute atomic E-state index is 13.6. The van der Waals surface area contributed by atoms with Crippen molar-refractivity contribution in [2.75, 3.05) is 17.1 Å². The van der Waals surface area contributed by atoms with Crippen LogP contribution < -0.4 is 9.62 Å². The van der Waals surface area contributed by atoms with Gasteiger partial charge in [-0.25, -0.2) is 8.42 Å². The van der Waals surface area contributed by atoms with Crippen molar-refractivity contribution in [3.05, 3.63) is 63.6 Å². The normalized spacial score (nSPS) is 13.1. The molecule has 7 nitrogen and oxygen atoms in total. The summed E-state index contributed by atoms with van der Waals surface area (Å²) >= 11 is 12.4. The Morgan fingerprint density at radius 2 is 1.74 bits per heavy atom. The predicted molar refractivity (Wildman–Crippen MR) is 138 cm³/mol. The number of hydrogen-bond acceptors (Lipinski definition) is 4. The van der Waals surface area contributed by atoms with Crippen LogP contribution in [-0.4, -0.2) is 50.0 Å². The number of anilines is 1. The Morgan fingerprint density at radius 1 is 1.09 bits per heavy atom. The lowest BCUT2D eigenvalue weighted by atomic mass is 10.1. The minimum Gasteiger partial charge on any atom is -0.352 e. The van der Waals surface area contributed by atoms with Gasteiger partial charge in [0, 0.05) is 22.6 Å². The van der Waals surface area contributed by atoms with Crippen LogP contribution in [0, 0.1) is 6.92 Å². The highest BCUT2D eigenvalue weighted by Gasteiger charge is 2.31. The Bertz CT molecular complexity index is 1140. The zero-order valence-electron chi connectivity index (χ0n) is 20.0. The van der Waals surface area contributed by atoms with Gasteiger partial charge in [0.1, 0.15) is 12.6 Å². The molecule has 0 spiro atoms. The molecule has 34 heavy (non-hydrogen) atoms. The van der Waals surface area contributed by atoms with E-state index in [2.05, 4.69) is 5.32 Å². The van der Waals surface area contributed by atoms with Crippen molar-refractivity contribution in [3.63, 3.8) is 0 Å². The van der Waals surface area contributed by atoms with Crippen molar-refractivity contribution in [3.8, 4) is 0 Å². The molecule has 0 saturated heterocycles. The van der Waals surface area contributed by atoms with E-state index < -0.39 is 28.5 Å². The second-order valence-electron chi connectivity index (χ2n) is 8.31. The average molecular weight is 529 g/mol. The second-order valence-corrected chi connectivity index (χ2v) is 11.1. The number of carbonyl (C=O) groups is 2. The fraction of sp³-hybridized carbons (Fsp3) is 0.417. The fourth-order valence-corrected chi connectivity index (χ4v) is 4.57. The van der Waals surface area contributed by atoms with Gasteiger partial charge < -0.3 is 10.2 Å². The Hall–Kier alpha value is -2.29. The number of amides is 2. The van der Waals surface area contributed by atoms with Gasteiger partial charge in [-0.05, 0) is 56.5 Å². The molecular weight excluding hydrogens is 497 g/mol. The number of rotatable bonds is 10. The Kier molecular flexibility index (Phi) is 9.79. The molecule has 2 aromatic carbocycles. The van der Waals surface area contributed by atoms with Gasteiger partial charge in [0.2, 0.25) is 21.8 Å². The van der Waals surface area contributed by atoms with E-state index in [0.717, 1.165) is 17.0 Å². The summed E-state index contributed by atoms with van der Waals surface area (Å²) in [5, 5.41) is 3.67. The van der Waals surface area contributed by atoms with E-state index in [1.807, 2.05) is 13.8 Å². The Labute approximate surface area is 212 Å². The van der Waals surface area contributed by atoms with Crippen LogP contribution in [0.15, 0.2) is 42.5 Å². The highest BCUT2D eigenvalue weighted by atomic mass is 35.5. The summed E-state index contributed by atoms with van der Waals surface area (Å²) in [6, 6.07) is 10.9. The minimum absolute atomic E-state index is 0.0414. The van der Waals surface area contributed by atoms with E-state index in [1.165, 1.54) is 11.0 Å². The van der Waals surface area contributed by atoms with Crippen molar-refractivity contribution in [1.82, 2.24) is 10.2 Å². The van der Waals surface area contributed by atoms with Crippen LogP contribution in [0.25, 0.3) is 0 Å². The van der Waals surface area contributed by atoms with E-state index >= 15 is 0 Å². The fourth-order valence-electron chi connectivity index (χ4n) is 3.30. The molecule has 0 bridgehead atoms. The third kappa shape index (κ3) is 7.35. The number of nitrogens with one attached hydrogen (secondary N) is 1. The van der Waals surface area contributed by atoms with Gasteiger partial charge >= 0.3 is 0 Å². The Morgan fingerprint density at radius 3 is 2.32 bits per heavy atom. The highest BCUT2D eigenvalue weighted by Crippen LogP contribution is 2.27. The van der Waals surface area contributed by atoms with Crippen LogP contribution >= 0.6 is 23.2 Å². The van der Waals surface area contributed by atoms with E-state index in [4.69, 9.17) is 23.2 Å². The molecule has 0 aliphatic carbocycles. The third-order valence-electron chi connectivity index (χ3n) is 5.59. The van der Waals surface area contributed by atoms with Crippen molar-refractivity contribution < 1.29 is 18.0 Å². The number of benzene rings is 2. The molecule has 0 heterocycles. The van der Waals surface area contributed by atoms with Crippen LogP contribution in [0.5, 0.6) is 0 Å². The summed E-state index contributed by atoms with van der Waals surface area (Å²) < 4.78 is 26.3. The summed E-state index contributed by atoms with van der Waals surface area (Å²) in [6.45, 7) is 6.71. The molecule has 0 radical (unpaired) electrons. The van der Waals surface area contributed by atoms with Crippen molar-refractivity contribution in [1.29, 1.82) is 0 Å². The zero-order valence-corrected chi connectivity index (χ0v) is 22.3. The minimum atomic E-state index is -3.84. The Balaban J connectivity index is 2.45. The molecule has 0 aliphatic rings. The molecule has 2 aromatic rings. The molecule has 186 valence electrons. The number of halogens is 2. The van der Waals surface area contributed by atoms with E-state index in [9.17, 15) is 18.0 Å². The van der Waals surface area contributed by atoms with Crippen LogP contribution in [-0.2, 0) is 26.2 Å². The number of carbonyl (C=O) groups excluding carboxylic acids is 2. The topological polar surface area (TPSA) is 86.8 Å². The SMILES string of the molecule is CC[C@@H](C)NC(=O)[C@@H](C)N(Cc1ccccc1Cl)C(=O)CN(c1cc(Cl)ccc1C)S(C)(=O)=O. The van der Waals surface area contributed by atoms with Crippen molar-refractivity contribution in [2.45, 2.75) is 52.7 Å². The quantitative estimate of drug-likeness (QED) is 0.495. The van der Waals surface area contributed by atoms with Gasteiger partial charge in [0.25, 0.3) is 0 Å². The maximum atomic E-state index is 13.6. The van der Waals surface area contributed by atoms with Crippen LogP contribution in [0.4, 0.5) is 5.69 Å². The maximum Gasteiger partial charge on any atom is 0.244 e. The molecule has 2 rings (SSSR count). The molecular formula is C24H31Cl2N3O4S. The van der Waals surface area contributed by atoms with Gasteiger partial charge in [-0.3, -0.25) is 13.9 Å². The number of aryl methyl sites for hydroxylation is 1. The molecule has 0 aromatic heterocycles.